The molecule has 1 N–H and O–H groups in total. The molecule has 1 fully saturated rings. The number of nitrogens with zero attached hydrogens (tertiary/aromatic N) is 1. The first kappa shape index (κ1) is 11.7. The molecule has 3 nitrogen and oxygen atoms in total. The lowest BCUT2D eigenvalue weighted by atomic mass is 9.94. The van der Waals surface area contributed by atoms with E-state index in [1.165, 1.54) is 18.4 Å². The van der Waals surface area contributed by atoms with Crippen molar-refractivity contribution in [1.82, 2.24) is 10.2 Å². The van der Waals surface area contributed by atoms with Gasteiger partial charge in [0, 0.05) is 18.7 Å². The van der Waals surface area contributed by atoms with Crippen LogP contribution in [0.5, 0.6) is 0 Å². The maximum absolute atomic E-state index is 12.2. The van der Waals surface area contributed by atoms with Crippen LogP contribution in [0.2, 0.25) is 0 Å². The number of piperidine rings is 1. The van der Waals surface area contributed by atoms with Gasteiger partial charge >= 0.3 is 0 Å². The quantitative estimate of drug-likeness (QED) is 0.882. The number of carbonyl (C=O) groups is 1. The van der Waals surface area contributed by atoms with E-state index in [4.69, 9.17) is 0 Å². The van der Waals surface area contributed by atoms with Crippen molar-refractivity contribution in [2.24, 2.45) is 5.92 Å². The van der Waals surface area contributed by atoms with Crippen molar-refractivity contribution in [2.75, 3.05) is 19.6 Å². The fraction of sp³-hybridized carbons (Fsp3) is 0.533. The molecule has 1 aromatic carbocycles. The van der Waals surface area contributed by atoms with Gasteiger partial charge in [-0.25, -0.2) is 0 Å². The summed E-state index contributed by atoms with van der Waals surface area (Å²) in [5, 5.41) is 3.39. The van der Waals surface area contributed by atoms with Crippen molar-refractivity contribution in [2.45, 2.75) is 25.8 Å². The van der Waals surface area contributed by atoms with Crippen molar-refractivity contribution in [1.29, 1.82) is 0 Å². The summed E-state index contributed by atoms with van der Waals surface area (Å²) in [5.41, 5.74) is 2.09. The number of hydrogen-bond acceptors (Lipinski definition) is 2. The molecule has 96 valence electrons. The predicted octanol–water partition coefficient (Wildman–Crippen LogP) is 2.03. The highest BCUT2D eigenvalue weighted by Crippen LogP contribution is 2.24. The van der Waals surface area contributed by atoms with Gasteiger partial charge in [0.15, 0.2) is 0 Å². The number of nitrogens with one attached hydrogen (secondary N) is 1. The summed E-state index contributed by atoms with van der Waals surface area (Å²) in [7, 11) is 0. The predicted molar refractivity (Wildman–Crippen MR) is 71.4 cm³/mol. The van der Waals surface area contributed by atoms with Crippen molar-refractivity contribution in [3.63, 3.8) is 0 Å². The Bertz CT molecular complexity index is 438. The number of amides is 1. The molecule has 18 heavy (non-hydrogen) atoms. The Labute approximate surface area is 108 Å². The summed E-state index contributed by atoms with van der Waals surface area (Å²) < 4.78 is 0. The maximum atomic E-state index is 12.2. The summed E-state index contributed by atoms with van der Waals surface area (Å²) in [6.07, 6.45) is 3.67. The summed E-state index contributed by atoms with van der Waals surface area (Å²) in [4.78, 5) is 14.2. The van der Waals surface area contributed by atoms with Crippen molar-refractivity contribution in [3.8, 4) is 0 Å². The minimum Gasteiger partial charge on any atom is -0.334 e. The van der Waals surface area contributed by atoms with Gasteiger partial charge < -0.3 is 10.2 Å². The molecule has 3 rings (SSSR count). The van der Waals surface area contributed by atoms with Gasteiger partial charge in [-0.15, -0.1) is 0 Å². The van der Waals surface area contributed by atoms with E-state index in [1.807, 2.05) is 23.1 Å². The number of hydrogen-bond donors (Lipinski definition) is 1. The third-order valence-electron chi connectivity index (χ3n) is 4.16. The van der Waals surface area contributed by atoms with Crippen molar-refractivity contribution < 1.29 is 4.79 Å². The maximum Gasteiger partial charge on any atom is 0.254 e. The third kappa shape index (κ3) is 2.27. The molecule has 2 aliphatic heterocycles. The van der Waals surface area contributed by atoms with Gasteiger partial charge in [0.1, 0.15) is 0 Å². The monoisotopic (exact) mass is 244 g/mol. The molecule has 0 saturated carbocycles. The van der Waals surface area contributed by atoms with E-state index >= 15 is 0 Å². The molecule has 0 bridgehead atoms. The summed E-state index contributed by atoms with van der Waals surface area (Å²) >= 11 is 0. The van der Waals surface area contributed by atoms with Gasteiger partial charge in [0.2, 0.25) is 0 Å². The molecule has 1 aromatic rings. The molecule has 0 aromatic heterocycles. The molecule has 3 heteroatoms. The number of benzene rings is 1. The molecular weight excluding hydrogens is 224 g/mol. The molecule has 0 unspecified atom stereocenters. The SMILES string of the molecule is O=C1c2ccccc2CN1CCC1CCNCC1. The van der Waals surface area contributed by atoms with Gasteiger partial charge in [-0.1, -0.05) is 18.2 Å². The van der Waals surface area contributed by atoms with Crippen LogP contribution in [0.4, 0.5) is 0 Å². The number of rotatable bonds is 3. The Kier molecular flexibility index (Phi) is 3.33. The Morgan fingerprint density at radius 2 is 2.00 bits per heavy atom. The second-order valence-electron chi connectivity index (χ2n) is 5.37. The normalized spacial score (nSPS) is 20.2. The summed E-state index contributed by atoms with van der Waals surface area (Å²) in [5.74, 6) is 1.02. The average Bonchev–Trinajstić information content (AvgIpc) is 2.75. The van der Waals surface area contributed by atoms with Crippen molar-refractivity contribution >= 4 is 5.91 Å². The molecule has 0 spiro atoms. The lowest BCUT2D eigenvalue weighted by Crippen LogP contribution is -2.31. The van der Waals surface area contributed by atoms with Gasteiger partial charge in [-0.05, 0) is 49.9 Å². The van der Waals surface area contributed by atoms with E-state index in [9.17, 15) is 4.79 Å². The smallest absolute Gasteiger partial charge is 0.254 e. The van der Waals surface area contributed by atoms with Gasteiger partial charge in [-0.2, -0.15) is 0 Å². The topological polar surface area (TPSA) is 32.3 Å². The van der Waals surface area contributed by atoms with E-state index < -0.39 is 0 Å². The van der Waals surface area contributed by atoms with Crippen LogP contribution < -0.4 is 5.32 Å². The highest BCUT2D eigenvalue weighted by molar-refractivity contribution is 5.98. The zero-order valence-corrected chi connectivity index (χ0v) is 10.7. The molecular formula is C15H20N2O. The molecule has 0 aliphatic carbocycles. The lowest BCUT2D eigenvalue weighted by molar-refractivity contribution is 0.0766. The molecule has 1 amide bonds. The fourth-order valence-electron chi connectivity index (χ4n) is 3.00. The summed E-state index contributed by atoms with van der Waals surface area (Å²) in [6, 6.07) is 7.98. The standard InChI is InChI=1S/C15H20N2O/c18-15-14-4-2-1-3-13(14)11-17(15)10-7-12-5-8-16-9-6-12/h1-4,12,16H,5-11H2. The van der Waals surface area contributed by atoms with Crippen LogP contribution in [0, 0.1) is 5.92 Å². The zero-order valence-electron chi connectivity index (χ0n) is 10.7. The van der Waals surface area contributed by atoms with E-state index in [0.717, 1.165) is 44.1 Å². The molecule has 2 heterocycles. The van der Waals surface area contributed by atoms with E-state index in [-0.39, 0.29) is 5.91 Å². The van der Waals surface area contributed by atoms with Crippen LogP contribution in [0.25, 0.3) is 0 Å². The largest absolute Gasteiger partial charge is 0.334 e. The van der Waals surface area contributed by atoms with Crippen LogP contribution in [-0.2, 0) is 6.54 Å². The fourth-order valence-corrected chi connectivity index (χ4v) is 3.00. The second kappa shape index (κ2) is 5.11. The van der Waals surface area contributed by atoms with E-state index in [0.29, 0.717) is 0 Å². The van der Waals surface area contributed by atoms with Gasteiger partial charge in [0.05, 0.1) is 0 Å². The molecule has 0 radical (unpaired) electrons. The minimum atomic E-state index is 0.222. The zero-order chi connectivity index (χ0) is 12.4. The minimum absolute atomic E-state index is 0.222. The molecule has 1 saturated heterocycles. The van der Waals surface area contributed by atoms with Gasteiger partial charge in [-0.3, -0.25) is 4.79 Å². The van der Waals surface area contributed by atoms with Crippen LogP contribution in [-0.4, -0.2) is 30.4 Å². The van der Waals surface area contributed by atoms with Crippen LogP contribution >= 0.6 is 0 Å². The Hall–Kier alpha value is -1.35. The average molecular weight is 244 g/mol. The first-order valence-electron chi connectivity index (χ1n) is 6.92. The highest BCUT2D eigenvalue weighted by Gasteiger charge is 2.27. The highest BCUT2D eigenvalue weighted by atomic mass is 16.2. The van der Waals surface area contributed by atoms with Crippen LogP contribution in [0.15, 0.2) is 24.3 Å². The van der Waals surface area contributed by atoms with Gasteiger partial charge in [0.25, 0.3) is 5.91 Å². The lowest BCUT2D eigenvalue weighted by Gasteiger charge is -2.25. The second-order valence-corrected chi connectivity index (χ2v) is 5.37. The first-order chi connectivity index (χ1) is 8.84. The Morgan fingerprint density at radius 3 is 2.78 bits per heavy atom. The number of fused-ring (bicyclic) bond motifs is 1. The molecule has 2 aliphatic rings. The van der Waals surface area contributed by atoms with Crippen molar-refractivity contribution in [3.05, 3.63) is 35.4 Å². The third-order valence-corrected chi connectivity index (χ3v) is 4.16. The van der Waals surface area contributed by atoms with Crippen LogP contribution in [0.1, 0.15) is 35.2 Å². The van der Waals surface area contributed by atoms with E-state index in [1.54, 1.807) is 0 Å². The summed E-state index contributed by atoms with van der Waals surface area (Å²) in [6.45, 7) is 4.00. The Morgan fingerprint density at radius 1 is 1.22 bits per heavy atom. The molecule has 0 atom stereocenters. The van der Waals surface area contributed by atoms with Crippen LogP contribution in [0.3, 0.4) is 0 Å². The number of carbonyl (C=O) groups excluding carboxylic acids is 1. The first-order valence-corrected chi connectivity index (χ1v) is 6.92. The Balaban J connectivity index is 1.57. The van der Waals surface area contributed by atoms with E-state index in [2.05, 4.69) is 11.4 Å².